The van der Waals surface area contributed by atoms with Crippen molar-refractivity contribution >= 4 is 17.6 Å². The number of carboxylic acid groups (broad SMARTS) is 2. The molecule has 1 rings (SSSR count). The van der Waals surface area contributed by atoms with Gasteiger partial charge in [0.15, 0.2) is 0 Å². The molecule has 1 atom stereocenters. The molecule has 1 aromatic carbocycles. The standard InChI is InChI=1S/C11H13NO4/c1-11(10(15)16,6-9(13)14)7-2-4-8(12)5-3-7/h2-5H,6,12H2,1H3,(H,13,14)(H,15,16). The zero-order chi connectivity index (χ0) is 12.3. The maximum Gasteiger partial charge on any atom is 0.314 e. The van der Waals surface area contributed by atoms with E-state index >= 15 is 0 Å². The lowest BCUT2D eigenvalue weighted by atomic mass is 9.79. The zero-order valence-electron chi connectivity index (χ0n) is 8.80. The molecule has 0 radical (unpaired) electrons. The number of nitrogen functional groups attached to an aromatic ring is 1. The Kier molecular flexibility index (Phi) is 3.17. The Morgan fingerprint density at radius 2 is 1.75 bits per heavy atom. The van der Waals surface area contributed by atoms with Crippen LogP contribution in [-0.4, -0.2) is 22.2 Å². The minimum absolute atomic E-state index is 0.427. The van der Waals surface area contributed by atoms with Crippen LogP contribution in [0.2, 0.25) is 0 Å². The van der Waals surface area contributed by atoms with Crippen LogP contribution in [0.4, 0.5) is 5.69 Å². The van der Waals surface area contributed by atoms with Gasteiger partial charge in [-0.1, -0.05) is 12.1 Å². The van der Waals surface area contributed by atoms with Crippen molar-refractivity contribution < 1.29 is 19.8 Å². The van der Waals surface area contributed by atoms with Gasteiger partial charge in [0.1, 0.15) is 5.41 Å². The van der Waals surface area contributed by atoms with Gasteiger partial charge in [0, 0.05) is 5.69 Å². The summed E-state index contributed by atoms with van der Waals surface area (Å²) in [4.78, 5) is 21.8. The first-order chi connectivity index (χ1) is 7.36. The van der Waals surface area contributed by atoms with E-state index in [2.05, 4.69) is 0 Å². The third kappa shape index (κ3) is 2.31. The van der Waals surface area contributed by atoms with Crippen LogP contribution in [0.25, 0.3) is 0 Å². The van der Waals surface area contributed by atoms with Gasteiger partial charge in [0.25, 0.3) is 0 Å². The number of rotatable bonds is 4. The molecule has 0 aliphatic heterocycles. The van der Waals surface area contributed by atoms with Crippen LogP contribution in [0.3, 0.4) is 0 Å². The number of aliphatic carboxylic acids is 2. The third-order valence-corrected chi connectivity index (χ3v) is 2.52. The molecule has 0 amide bonds. The van der Waals surface area contributed by atoms with Crippen molar-refractivity contribution in [1.82, 2.24) is 0 Å². The first-order valence-electron chi connectivity index (χ1n) is 4.67. The van der Waals surface area contributed by atoms with Crippen molar-refractivity contribution in [1.29, 1.82) is 0 Å². The predicted octanol–water partition coefficient (Wildman–Crippen LogP) is 1.09. The first kappa shape index (κ1) is 12.0. The first-order valence-corrected chi connectivity index (χ1v) is 4.67. The van der Waals surface area contributed by atoms with Gasteiger partial charge in [0.05, 0.1) is 6.42 Å². The highest BCUT2D eigenvalue weighted by Crippen LogP contribution is 2.28. The Bertz CT molecular complexity index is 412. The van der Waals surface area contributed by atoms with E-state index in [1.807, 2.05) is 0 Å². The molecule has 0 heterocycles. The van der Waals surface area contributed by atoms with Gasteiger partial charge in [-0.05, 0) is 24.6 Å². The second-order valence-electron chi connectivity index (χ2n) is 3.83. The molecule has 0 saturated carbocycles. The molecular weight excluding hydrogens is 210 g/mol. The number of carboxylic acids is 2. The van der Waals surface area contributed by atoms with Crippen molar-refractivity contribution in [3.05, 3.63) is 29.8 Å². The van der Waals surface area contributed by atoms with E-state index in [1.54, 1.807) is 12.1 Å². The number of benzene rings is 1. The van der Waals surface area contributed by atoms with Gasteiger partial charge in [-0.3, -0.25) is 9.59 Å². The van der Waals surface area contributed by atoms with Crippen LogP contribution in [0.5, 0.6) is 0 Å². The van der Waals surface area contributed by atoms with E-state index in [0.29, 0.717) is 11.3 Å². The summed E-state index contributed by atoms with van der Waals surface area (Å²) in [7, 11) is 0. The molecule has 1 unspecified atom stereocenters. The highest BCUT2D eigenvalue weighted by Gasteiger charge is 2.37. The van der Waals surface area contributed by atoms with E-state index in [4.69, 9.17) is 15.9 Å². The maximum absolute atomic E-state index is 11.1. The van der Waals surface area contributed by atoms with Crippen molar-refractivity contribution in [2.75, 3.05) is 5.73 Å². The smallest absolute Gasteiger partial charge is 0.314 e. The monoisotopic (exact) mass is 223 g/mol. The van der Waals surface area contributed by atoms with E-state index in [0.717, 1.165) is 0 Å². The zero-order valence-corrected chi connectivity index (χ0v) is 8.80. The molecule has 5 nitrogen and oxygen atoms in total. The summed E-state index contributed by atoms with van der Waals surface area (Å²) in [6, 6.07) is 6.18. The maximum atomic E-state index is 11.1. The fourth-order valence-corrected chi connectivity index (χ4v) is 1.45. The Morgan fingerprint density at radius 1 is 1.25 bits per heavy atom. The lowest BCUT2D eigenvalue weighted by Crippen LogP contribution is -2.34. The second-order valence-corrected chi connectivity index (χ2v) is 3.83. The minimum atomic E-state index is -1.43. The summed E-state index contributed by atoms with van der Waals surface area (Å²) in [6.07, 6.45) is -0.466. The van der Waals surface area contributed by atoms with E-state index in [-0.39, 0.29) is 0 Å². The molecule has 0 saturated heterocycles. The van der Waals surface area contributed by atoms with E-state index in [9.17, 15) is 9.59 Å². The summed E-state index contributed by atoms with van der Waals surface area (Å²) in [6.45, 7) is 1.38. The molecular formula is C11H13NO4. The van der Waals surface area contributed by atoms with Gasteiger partial charge < -0.3 is 15.9 Å². The van der Waals surface area contributed by atoms with Crippen LogP contribution in [0.15, 0.2) is 24.3 Å². The molecule has 5 heteroatoms. The van der Waals surface area contributed by atoms with E-state index in [1.165, 1.54) is 19.1 Å². The number of hydrogen-bond donors (Lipinski definition) is 3. The Labute approximate surface area is 92.5 Å². The lowest BCUT2D eigenvalue weighted by Gasteiger charge is -2.23. The summed E-state index contributed by atoms with van der Waals surface area (Å²) >= 11 is 0. The van der Waals surface area contributed by atoms with Crippen molar-refractivity contribution in [3.63, 3.8) is 0 Å². The Balaban J connectivity index is 3.16. The molecule has 0 fully saturated rings. The van der Waals surface area contributed by atoms with Crippen LogP contribution in [0, 0.1) is 0 Å². The fraction of sp³-hybridized carbons (Fsp3) is 0.273. The van der Waals surface area contributed by atoms with Gasteiger partial charge in [-0.15, -0.1) is 0 Å². The Hall–Kier alpha value is -2.04. The highest BCUT2D eigenvalue weighted by atomic mass is 16.4. The molecule has 0 aliphatic rings. The van der Waals surface area contributed by atoms with Gasteiger partial charge in [0.2, 0.25) is 0 Å². The number of anilines is 1. The van der Waals surface area contributed by atoms with Crippen molar-refractivity contribution in [2.24, 2.45) is 0 Å². The molecule has 0 spiro atoms. The largest absolute Gasteiger partial charge is 0.481 e. The molecule has 0 bridgehead atoms. The average Bonchev–Trinajstić information content (AvgIpc) is 2.17. The quantitative estimate of drug-likeness (QED) is 0.663. The molecule has 86 valence electrons. The van der Waals surface area contributed by atoms with Gasteiger partial charge >= 0.3 is 11.9 Å². The summed E-state index contributed by atoms with van der Waals surface area (Å²) in [5.41, 5.74) is 4.99. The average molecular weight is 223 g/mol. The molecule has 1 aromatic rings. The van der Waals surface area contributed by atoms with Crippen LogP contribution in [-0.2, 0) is 15.0 Å². The predicted molar refractivity (Wildman–Crippen MR) is 58.1 cm³/mol. The normalized spacial score (nSPS) is 14.1. The lowest BCUT2D eigenvalue weighted by molar-refractivity contribution is -0.149. The van der Waals surface area contributed by atoms with Crippen LogP contribution in [0.1, 0.15) is 18.9 Å². The molecule has 0 aliphatic carbocycles. The molecule has 16 heavy (non-hydrogen) atoms. The van der Waals surface area contributed by atoms with Crippen molar-refractivity contribution in [3.8, 4) is 0 Å². The summed E-state index contributed by atoms with van der Waals surface area (Å²) in [5, 5.41) is 17.8. The highest BCUT2D eigenvalue weighted by molar-refractivity contribution is 5.86. The van der Waals surface area contributed by atoms with Gasteiger partial charge in [-0.25, -0.2) is 0 Å². The fourth-order valence-electron chi connectivity index (χ4n) is 1.45. The SMILES string of the molecule is CC(CC(=O)O)(C(=O)O)c1ccc(N)cc1. The van der Waals surface area contributed by atoms with Crippen LogP contribution < -0.4 is 5.73 Å². The van der Waals surface area contributed by atoms with E-state index < -0.39 is 23.8 Å². The minimum Gasteiger partial charge on any atom is -0.481 e. The number of carbonyl (C=O) groups is 2. The van der Waals surface area contributed by atoms with Gasteiger partial charge in [-0.2, -0.15) is 0 Å². The van der Waals surface area contributed by atoms with Crippen LogP contribution >= 0.6 is 0 Å². The topological polar surface area (TPSA) is 101 Å². The number of hydrogen-bond acceptors (Lipinski definition) is 3. The third-order valence-electron chi connectivity index (χ3n) is 2.52. The molecule has 0 aromatic heterocycles. The van der Waals surface area contributed by atoms with Crippen molar-refractivity contribution in [2.45, 2.75) is 18.8 Å². The number of nitrogens with two attached hydrogens (primary N) is 1. The summed E-state index contributed by atoms with van der Waals surface area (Å²) in [5.74, 6) is -2.32. The molecule has 4 N–H and O–H groups in total. The Morgan fingerprint density at radius 3 is 2.12 bits per heavy atom. The summed E-state index contributed by atoms with van der Waals surface area (Å²) < 4.78 is 0. The second kappa shape index (κ2) is 4.22.